The number of rotatable bonds is 4. The molecule has 1 unspecified atom stereocenters. The molecule has 4 heterocycles. The van der Waals surface area contributed by atoms with Gasteiger partial charge in [0.15, 0.2) is 0 Å². The van der Waals surface area contributed by atoms with Crippen molar-refractivity contribution in [3.8, 4) is 0 Å². The number of amides is 2. The van der Waals surface area contributed by atoms with Crippen LogP contribution in [0.15, 0.2) is 48.6 Å². The number of para-hydroxylation sites is 1. The molecule has 0 aliphatic carbocycles. The Morgan fingerprint density at radius 3 is 2.70 bits per heavy atom. The Labute approximate surface area is 201 Å². The summed E-state index contributed by atoms with van der Waals surface area (Å²) in [6.45, 7) is 2.54. The number of aliphatic hydroxyl groups is 1. The van der Waals surface area contributed by atoms with Crippen LogP contribution < -0.4 is 4.90 Å². The molecule has 4 aliphatic rings. The Morgan fingerprint density at radius 2 is 1.94 bits per heavy atom. The molecular formula is C24H25ClN2O5S. The number of fused-ring (bicyclic) bond motifs is 2. The van der Waals surface area contributed by atoms with Crippen molar-refractivity contribution in [3.05, 3.63) is 53.6 Å². The first-order valence-corrected chi connectivity index (χ1v) is 12.2. The van der Waals surface area contributed by atoms with Gasteiger partial charge in [0.05, 0.1) is 27.3 Å². The maximum absolute atomic E-state index is 14.1. The number of ether oxygens (including phenoxy) is 1. The van der Waals surface area contributed by atoms with E-state index in [1.165, 1.54) is 11.8 Å². The molecular weight excluding hydrogens is 464 g/mol. The summed E-state index contributed by atoms with van der Waals surface area (Å²) in [5, 5.41) is 9.90. The molecule has 0 aromatic heterocycles. The molecule has 0 bridgehead atoms. The third kappa shape index (κ3) is 3.26. The number of hydrogen-bond donors (Lipinski definition) is 1. The number of carbonyl (C=O) groups is 3. The third-order valence-corrected chi connectivity index (χ3v) is 9.13. The molecule has 2 amide bonds. The number of anilines is 1. The zero-order valence-corrected chi connectivity index (χ0v) is 19.7. The van der Waals surface area contributed by atoms with Gasteiger partial charge in [0.2, 0.25) is 5.91 Å². The van der Waals surface area contributed by atoms with Crippen LogP contribution in [0.2, 0.25) is 5.02 Å². The van der Waals surface area contributed by atoms with Gasteiger partial charge < -0.3 is 19.6 Å². The number of cyclic esters (lactones) is 1. The fourth-order valence-corrected chi connectivity index (χ4v) is 8.11. The minimum absolute atomic E-state index is 0.106. The number of hydrogen-bond acceptors (Lipinski definition) is 6. The number of carbonyl (C=O) groups excluding carboxylic acids is 3. The molecule has 9 heteroatoms. The lowest BCUT2D eigenvalue weighted by atomic mass is 9.75. The predicted molar refractivity (Wildman–Crippen MR) is 126 cm³/mol. The van der Waals surface area contributed by atoms with E-state index in [0.29, 0.717) is 23.7 Å². The zero-order valence-electron chi connectivity index (χ0n) is 18.1. The summed E-state index contributed by atoms with van der Waals surface area (Å²) in [7, 11) is 0. The van der Waals surface area contributed by atoms with Crippen molar-refractivity contribution in [2.75, 3.05) is 31.2 Å². The fourth-order valence-electron chi connectivity index (χ4n) is 5.72. The number of benzene rings is 1. The second-order valence-electron chi connectivity index (χ2n) is 8.94. The highest BCUT2D eigenvalue weighted by Gasteiger charge is 2.74. The van der Waals surface area contributed by atoms with Gasteiger partial charge in [-0.1, -0.05) is 42.0 Å². The highest BCUT2D eigenvalue weighted by Crippen LogP contribution is 2.65. The minimum Gasteiger partial charge on any atom is -0.461 e. The van der Waals surface area contributed by atoms with Gasteiger partial charge in [-0.05, 0) is 31.6 Å². The Morgan fingerprint density at radius 1 is 1.15 bits per heavy atom. The first-order valence-electron chi connectivity index (χ1n) is 11.0. The lowest BCUT2D eigenvalue weighted by Gasteiger charge is -2.36. The van der Waals surface area contributed by atoms with Crippen LogP contribution in [0, 0.1) is 11.8 Å². The lowest BCUT2D eigenvalue weighted by Crippen LogP contribution is -2.53. The maximum atomic E-state index is 14.1. The molecule has 2 saturated heterocycles. The van der Waals surface area contributed by atoms with Crippen molar-refractivity contribution in [1.82, 2.24) is 4.90 Å². The second kappa shape index (κ2) is 8.18. The molecule has 0 saturated carbocycles. The Kier molecular flexibility index (Phi) is 5.58. The van der Waals surface area contributed by atoms with Gasteiger partial charge in [-0.2, -0.15) is 0 Å². The third-order valence-electron chi connectivity index (χ3n) is 7.01. The van der Waals surface area contributed by atoms with Gasteiger partial charge in [-0.15, -0.1) is 11.8 Å². The Balaban J connectivity index is 1.65. The summed E-state index contributed by atoms with van der Waals surface area (Å²) in [4.78, 5) is 44.2. The van der Waals surface area contributed by atoms with E-state index in [0.717, 1.165) is 0 Å². The van der Waals surface area contributed by atoms with E-state index < -0.39 is 33.3 Å². The van der Waals surface area contributed by atoms with Crippen LogP contribution in [-0.2, 0) is 19.1 Å². The first kappa shape index (κ1) is 22.5. The molecule has 33 heavy (non-hydrogen) atoms. The van der Waals surface area contributed by atoms with Crippen LogP contribution in [0.3, 0.4) is 0 Å². The summed E-state index contributed by atoms with van der Waals surface area (Å²) >= 11 is 7.92. The molecule has 5 rings (SSSR count). The predicted octanol–water partition coefficient (Wildman–Crippen LogP) is 2.43. The average Bonchev–Trinajstić information content (AvgIpc) is 3.04. The van der Waals surface area contributed by atoms with Crippen LogP contribution >= 0.6 is 23.4 Å². The van der Waals surface area contributed by atoms with Gasteiger partial charge in [-0.25, -0.2) is 0 Å². The number of thioether (sulfide) groups is 1. The van der Waals surface area contributed by atoms with Crippen molar-refractivity contribution in [3.63, 3.8) is 0 Å². The van der Waals surface area contributed by atoms with Crippen LogP contribution in [0.5, 0.6) is 0 Å². The van der Waals surface area contributed by atoms with Crippen LogP contribution in [0.4, 0.5) is 5.69 Å². The maximum Gasteiger partial charge on any atom is 0.311 e. The Bertz CT molecular complexity index is 1080. The van der Waals surface area contributed by atoms with E-state index >= 15 is 0 Å². The van der Waals surface area contributed by atoms with E-state index in [1.807, 2.05) is 37.3 Å². The summed E-state index contributed by atoms with van der Waals surface area (Å²) in [6, 6.07) is 6.30. The molecule has 1 aromatic rings. The van der Waals surface area contributed by atoms with Crippen molar-refractivity contribution < 1.29 is 24.2 Å². The summed E-state index contributed by atoms with van der Waals surface area (Å²) in [5.74, 6) is -2.36. The minimum atomic E-state index is -0.931. The van der Waals surface area contributed by atoms with Crippen molar-refractivity contribution in [1.29, 1.82) is 0 Å². The van der Waals surface area contributed by atoms with E-state index in [1.54, 1.807) is 28.0 Å². The molecule has 1 N–H and O–H groups in total. The largest absolute Gasteiger partial charge is 0.461 e. The summed E-state index contributed by atoms with van der Waals surface area (Å²) in [6.07, 6.45) is 7.93. The average molecular weight is 489 g/mol. The van der Waals surface area contributed by atoms with E-state index in [-0.39, 0.29) is 31.6 Å². The van der Waals surface area contributed by atoms with Crippen LogP contribution in [0.25, 0.3) is 0 Å². The molecule has 1 aromatic carbocycles. The lowest BCUT2D eigenvalue weighted by molar-refractivity contribution is -0.152. The smallest absolute Gasteiger partial charge is 0.311 e. The number of aliphatic hydroxyl groups excluding tert-OH is 1. The van der Waals surface area contributed by atoms with Crippen molar-refractivity contribution in [2.45, 2.75) is 28.9 Å². The normalized spacial score (nSPS) is 35.1. The van der Waals surface area contributed by atoms with E-state index in [9.17, 15) is 19.5 Å². The second-order valence-corrected chi connectivity index (χ2v) is 11.1. The van der Waals surface area contributed by atoms with Crippen molar-refractivity contribution >= 4 is 46.8 Å². The number of halogens is 1. The van der Waals surface area contributed by atoms with Gasteiger partial charge in [-0.3, -0.25) is 14.4 Å². The van der Waals surface area contributed by atoms with Gasteiger partial charge in [0.25, 0.3) is 5.91 Å². The molecule has 1 spiro atoms. The number of nitrogens with zero attached hydrogens (tertiary/aromatic N) is 2. The van der Waals surface area contributed by atoms with E-state index in [4.69, 9.17) is 16.3 Å². The Hall–Kier alpha value is -2.29. The quantitative estimate of drug-likeness (QED) is 0.517. The molecule has 0 radical (unpaired) electrons. The standard InChI is InChI=1S/C24H25ClN2O5S/c1-23-9-5-14-32-22(31)18(23)17-20(29)27(12-6-13-28)19-21(30)26(11-4-10-24(17,19)33-23)16-8-3-2-7-15(16)25/h2-5,7-10,17-19,28H,6,11-14H2,1H3/t17-,18-,19?,23+,24-/m0/s1. The zero-order chi connectivity index (χ0) is 23.4. The van der Waals surface area contributed by atoms with Crippen molar-refractivity contribution in [2.24, 2.45) is 11.8 Å². The summed E-state index contributed by atoms with van der Waals surface area (Å²) in [5.41, 5.74) is 0.576. The van der Waals surface area contributed by atoms with Gasteiger partial charge in [0, 0.05) is 24.4 Å². The molecule has 5 atom stereocenters. The SMILES string of the molecule is C[C@@]12C=CCOC(=O)[C@@H]1[C@H]1C(=O)N(CCCO)C3C(=O)N(c4ccccc4Cl)CC=C[C@@]31S2. The molecule has 4 aliphatic heterocycles. The fraction of sp³-hybridized carbons (Fsp3) is 0.458. The first-order chi connectivity index (χ1) is 15.8. The van der Waals surface area contributed by atoms with Gasteiger partial charge >= 0.3 is 5.97 Å². The molecule has 7 nitrogen and oxygen atoms in total. The topological polar surface area (TPSA) is 87.1 Å². The van der Waals surface area contributed by atoms with E-state index in [2.05, 4.69) is 0 Å². The highest BCUT2D eigenvalue weighted by molar-refractivity contribution is 8.02. The summed E-state index contributed by atoms with van der Waals surface area (Å²) < 4.78 is 3.80. The number of likely N-dealkylation sites (tertiary alicyclic amines) is 1. The van der Waals surface area contributed by atoms with Gasteiger partial charge in [0.1, 0.15) is 12.6 Å². The highest BCUT2D eigenvalue weighted by atomic mass is 35.5. The monoisotopic (exact) mass is 488 g/mol. The van der Waals surface area contributed by atoms with Crippen LogP contribution in [-0.4, -0.2) is 69.6 Å². The van der Waals surface area contributed by atoms with Crippen LogP contribution in [0.1, 0.15) is 13.3 Å². The molecule has 174 valence electrons. The number of esters is 1. The molecule has 2 fully saturated rings.